The molecule has 2 aromatic heterocycles. The highest BCUT2D eigenvalue weighted by atomic mass is 32.2. The predicted molar refractivity (Wildman–Crippen MR) is 112 cm³/mol. The zero-order chi connectivity index (χ0) is 21.5. The van der Waals surface area contributed by atoms with Gasteiger partial charge < -0.3 is 10.3 Å². The summed E-state index contributed by atoms with van der Waals surface area (Å²) < 4.78 is 3.77. The Bertz CT molecular complexity index is 1220. The highest BCUT2D eigenvalue weighted by molar-refractivity contribution is 8.00. The van der Waals surface area contributed by atoms with Crippen LogP contribution in [0, 0.1) is 6.92 Å². The minimum absolute atomic E-state index is 0.144. The van der Waals surface area contributed by atoms with Gasteiger partial charge in [0.25, 0.3) is 5.56 Å². The average Bonchev–Trinajstić information content (AvgIpc) is 3.05. The Morgan fingerprint density at radius 3 is 2.38 bits per heavy atom. The first-order valence-corrected chi connectivity index (χ1v) is 9.74. The van der Waals surface area contributed by atoms with E-state index in [4.69, 9.17) is 5.73 Å². The zero-order valence-corrected chi connectivity index (χ0v) is 17.6. The summed E-state index contributed by atoms with van der Waals surface area (Å²) in [6.07, 6.45) is 0. The van der Waals surface area contributed by atoms with Crippen LogP contribution in [0.5, 0.6) is 0 Å². The molecule has 3 aromatic rings. The monoisotopic (exact) mass is 414 g/mol. The third kappa shape index (κ3) is 3.51. The summed E-state index contributed by atoms with van der Waals surface area (Å²) in [4.78, 5) is 37.4. The molecule has 2 heterocycles. The number of carbonyl (C=O) groups excluding carboxylic acids is 1. The van der Waals surface area contributed by atoms with Crippen molar-refractivity contribution in [3.63, 3.8) is 0 Å². The second-order valence-electron chi connectivity index (χ2n) is 6.77. The van der Waals surface area contributed by atoms with Crippen molar-refractivity contribution in [1.29, 1.82) is 0 Å². The number of benzene rings is 1. The number of aryl methyl sites for hydroxylation is 1. The lowest BCUT2D eigenvalue weighted by atomic mass is 10.1. The van der Waals surface area contributed by atoms with Crippen LogP contribution in [0.25, 0.3) is 11.4 Å². The number of hydrogen-bond donors (Lipinski definition) is 1. The minimum atomic E-state index is -0.707. The average molecular weight is 414 g/mol. The van der Waals surface area contributed by atoms with Crippen molar-refractivity contribution in [1.82, 2.24) is 23.9 Å². The van der Waals surface area contributed by atoms with Gasteiger partial charge >= 0.3 is 5.69 Å². The van der Waals surface area contributed by atoms with Gasteiger partial charge in [-0.25, -0.2) is 4.79 Å². The van der Waals surface area contributed by atoms with Gasteiger partial charge in [-0.15, -0.1) is 10.2 Å². The number of ketones is 1. The first kappa shape index (κ1) is 20.6. The fraction of sp³-hybridized carbons (Fsp3) is 0.316. The van der Waals surface area contributed by atoms with E-state index < -0.39 is 22.3 Å². The summed E-state index contributed by atoms with van der Waals surface area (Å²) in [5.41, 5.74) is 6.42. The van der Waals surface area contributed by atoms with Crippen molar-refractivity contribution >= 4 is 23.4 Å². The van der Waals surface area contributed by atoms with E-state index in [1.54, 1.807) is 11.5 Å². The summed E-state index contributed by atoms with van der Waals surface area (Å²) >= 11 is 1.18. The number of hydrogen-bond acceptors (Lipinski definition) is 7. The molecule has 0 fully saturated rings. The van der Waals surface area contributed by atoms with Gasteiger partial charge in [-0.05, 0) is 19.4 Å². The Labute approximate surface area is 171 Å². The van der Waals surface area contributed by atoms with Gasteiger partial charge in [0.1, 0.15) is 11.4 Å². The van der Waals surface area contributed by atoms with Gasteiger partial charge in [-0.2, -0.15) is 0 Å². The molecule has 29 heavy (non-hydrogen) atoms. The van der Waals surface area contributed by atoms with Gasteiger partial charge in [-0.1, -0.05) is 36.0 Å². The molecule has 1 unspecified atom stereocenters. The van der Waals surface area contributed by atoms with Gasteiger partial charge in [0.2, 0.25) is 0 Å². The molecule has 0 bridgehead atoms. The fourth-order valence-electron chi connectivity index (χ4n) is 2.98. The highest BCUT2D eigenvalue weighted by Gasteiger charge is 2.27. The molecule has 1 atom stereocenters. The lowest BCUT2D eigenvalue weighted by Gasteiger charge is -2.14. The van der Waals surface area contributed by atoms with E-state index in [1.165, 1.54) is 25.9 Å². The highest BCUT2D eigenvalue weighted by Crippen LogP contribution is 2.28. The number of nitrogens with two attached hydrogens (primary N) is 1. The topological polar surface area (TPSA) is 118 Å². The Balaban J connectivity index is 1.94. The van der Waals surface area contributed by atoms with E-state index in [9.17, 15) is 14.4 Å². The Morgan fingerprint density at radius 2 is 1.72 bits per heavy atom. The van der Waals surface area contributed by atoms with Crippen molar-refractivity contribution in [3.05, 3.63) is 56.2 Å². The Kier molecular flexibility index (Phi) is 5.47. The molecule has 2 N–H and O–H groups in total. The second-order valence-corrected chi connectivity index (χ2v) is 8.08. The van der Waals surface area contributed by atoms with E-state index >= 15 is 0 Å². The minimum Gasteiger partial charge on any atom is -0.384 e. The molecule has 10 heteroatoms. The van der Waals surface area contributed by atoms with Crippen LogP contribution >= 0.6 is 11.8 Å². The van der Waals surface area contributed by atoms with Crippen LogP contribution < -0.4 is 17.0 Å². The first-order valence-electron chi connectivity index (χ1n) is 8.86. The molecule has 3 rings (SSSR count). The zero-order valence-electron chi connectivity index (χ0n) is 16.8. The molecule has 1 aromatic carbocycles. The third-order valence-corrected chi connectivity index (χ3v) is 5.96. The summed E-state index contributed by atoms with van der Waals surface area (Å²) in [5.74, 6) is 0.0704. The van der Waals surface area contributed by atoms with E-state index in [1.807, 2.05) is 38.2 Å². The summed E-state index contributed by atoms with van der Waals surface area (Å²) in [6.45, 7) is 3.65. The lowest BCUT2D eigenvalue weighted by molar-refractivity contribution is 0.0992. The number of nitrogen functional groups attached to an aromatic ring is 1. The van der Waals surface area contributed by atoms with Crippen molar-refractivity contribution in [3.8, 4) is 11.4 Å². The molecule has 0 saturated heterocycles. The summed E-state index contributed by atoms with van der Waals surface area (Å²) in [7, 11) is 4.56. The van der Waals surface area contributed by atoms with Crippen LogP contribution in [-0.4, -0.2) is 34.9 Å². The van der Waals surface area contributed by atoms with Gasteiger partial charge in [0.05, 0.1) is 5.25 Å². The number of Topliss-reactive ketones (excluding diaryl/α,β-unsaturated/α-hetero) is 1. The molecule has 0 aliphatic carbocycles. The Hall–Kier alpha value is -3.14. The molecule has 152 valence electrons. The lowest BCUT2D eigenvalue weighted by Crippen LogP contribution is -2.42. The molecule has 0 radical (unpaired) electrons. The molecule has 0 aliphatic heterocycles. The van der Waals surface area contributed by atoms with Crippen LogP contribution in [0.2, 0.25) is 0 Å². The number of anilines is 1. The molecular formula is C19H22N6O3S. The van der Waals surface area contributed by atoms with E-state index in [-0.39, 0.29) is 11.4 Å². The number of nitrogens with zero attached hydrogens (tertiary/aromatic N) is 5. The molecule has 0 saturated carbocycles. The van der Waals surface area contributed by atoms with Gasteiger partial charge in [0.15, 0.2) is 16.8 Å². The van der Waals surface area contributed by atoms with Crippen molar-refractivity contribution in [2.45, 2.75) is 24.3 Å². The van der Waals surface area contributed by atoms with E-state index in [0.717, 1.165) is 20.3 Å². The maximum atomic E-state index is 13.0. The quantitative estimate of drug-likeness (QED) is 0.491. The van der Waals surface area contributed by atoms with Crippen LogP contribution in [-0.2, 0) is 21.1 Å². The number of rotatable bonds is 5. The number of carbonyl (C=O) groups is 1. The smallest absolute Gasteiger partial charge is 0.332 e. The Morgan fingerprint density at radius 1 is 1.07 bits per heavy atom. The molecular weight excluding hydrogens is 392 g/mol. The van der Waals surface area contributed by atoms with Gasteiger partial charge in [-0.3, -0.25) is 18.7 Å². The van der Waals surface area contributed by atoms with E-state index in [2.05, 4.69) is 10.2 Å². The number of thioether (sulfide) groups is 1. The first-order chi connectivity index (χ1) is 13.6. The second kappa shape index (κ2) is 7.70. The van der Waals surface area contributed by atoms with Crippen LogP contribution in [0.1, 0.15) is 22.8 Å². The maximum absolute atomic E-state index is 13.0. The standard InChI is InChI=1S/C19H22N6O3S/c1-10-8-6-7-9-12(10)16-21-22-18(24(16)4)29-11(2)14(26)13-15(20)23(3)19(28)25(5)17(13)27/h6-9,11H,20H2,1-5H3. The third-order valence-electron chi connectivity index (χ3n) is 4.83. The van der Waals surface area contributed by atoms with Crippen LogP contribution in [0.4, 0.5) is 5.82 Å². The SMILES string of the molecule is Cc1ccccc1-c1nnc(SC(C)C(=O)c2c(N)n(C)c(=O)n(C)c2=O)n1C. The van der Waals surface area contributed by atoms with Crippen molar-refractivity contribution in [2.24, 2.45) is 21.1 Å². The molecule has 0 aliphatic rings. The summed E-state index contributed by atoms with van der Waals surface area (Å²) in [5, 5.41) is 8.32. The fourth-order valence-corrected chi connectivity index (χ4v) is 3.86. The largest absolute Gasteiger partial charge is 0.384 e. The summed E-state index contributed by atoms with van der Waals surface area (Å²) in [6, 6.07) is 7.82. The van der Waals surface area contributed by atoms with E-state index in [0.29, 0.717) is 11.0 Å². The number of aromatic nitrogens is 5. The van der Waals surface area contributed by atoms with Crippen LogP contribution in [0.3, 0.4) is 0 Å². The van der Waals surface area contributed by atoms with Crippen molar-refractivity contribution in [2.75, 3.05) is 5.73 Å². The predicted octanol–water partition coefficient (Wildman–Crippen LogP) is 1.13. The molecule has 0 amide bonds. The molecule has 0 spiro atoms. The normalized spacial score (nSPS) is 12.2. The van der Waals surface area contributed by atoms with Gasteiger partial charge in [0, 0.05) is 26.7 Å². The van der Waals surface area contributed by atoms with Crippen molar-refractivity contribution < 1.29 is 4.79 Å². The maximum Gasteiger partial charge on any atom is 0.332 e. The van der Waals surface area contributed by atoms with Crippen LogP contribution in [0.15, 0.2) is 39.0 Å². The molecule has 9 nitrogen and oxygen atoms in total.